The van der Waals surface area contributed by atoms with E-state index in [9.17, 15) is 4.79 Å². The molecular formula is C13H14N6OS. The van der Waals surface area contributed by atoms with Crippen molar-refractivity contribution in [3.05, 3.63) is 45.2 Å². The van der Waals surface area contributed by atoms with E-state index in [0.717, 1.165) is 15.9 Å². The van der Waals surface area contributed by atoms with Crippen molar-refractivity contribution < 1.29 is 0 Å². The molecule has 21 heavy (non-hydrogen) atoms. The molecule has 0 aliphatic rings. The molecule has 0 unspecified atom stereocenters. The van der Waals surface area contributed by atoms with Gasteiger partial charge in [-0.15, -0.1) is 11.3 Å². The summed E-state index contributed by atoms with van der Waals surface area (Å²) in [7, 11) is 0. The molecule has 0 fully saturated rings. The number of rotatable bonds is 3. The standard InChI is InChI=1S/C13H14N6OS/c1-7-5-8(2)19(13(20)15-7)6-10-16-11(18-14)9-3-4-21-12(9)17-10/h3-5H,6,14H2,1-2H3,(H,16,17,18). The van der Waals surface area contributed by atoms with Crippen molar-refractivity contribution in [3.63, 3.8) is 0 Å². The van der Waals surface area contributed by atoms with Gasteiger partial charge in [0.05, 0.1) is 11.9 Å². The molecule has 0 aliphatic carbocycles. The fraction of sp³-hybridized carbons (Fsp3) is 0.231. The summed E-state index contributed by atoms with van der Waals surface area (Å²) < 4.78 is 1.54. The molecule has 3 aromatic rings. The van der Waals surface area contributed by atoms with Crippen LogP contribution in [0.1, 0.15) is 17.2 Å². The largest absolute Gasteiger partial charge is 0.348 e. The van der Waals surface area contributed by atoms with E-state index in [1.54, 1.807) is 11.5 Å². The third kappa shape index (κ3) is 2.50. The van der Waals surface area contributed by atoms with E-state index in [1.165, 1.54) is 11.3 Å². The Bertz CT molecular complexity index is 869. The smallest absolute Gasteiger partial charge is 0.308 e. The maximum atomic E-state index is 12.0. The molecule has 3 aromatic heterocycles. The molecule has 3 N–H and O–H groups in total. The molecule has 3 heterocycles. The summed E-state index contributed by atoms with van der Waals surface area (Å²) in [6.07, 6.45) is 0. The van der Waals surface area contributed by atoms with Crippen molar-refractivity contribution in [2.45, 2.75) is 20.4 Å². The molecule has 0 spiro atoms. The van der Waals surface area contributed by atoms with Gasteiger partial charge in [0.25, 0.3) is 0 Å². The van der Waals surface area contributed by atoms with E-state index < -0.39 is 0 Å². The summed E-state index contributed by atoms with van der Waals surface area (Å²) >= 11 is 1.50. The van der Waals surface area contributed by atoms with Gasteiger partial charge in [-0.05, 0) is 31.4 Å². The van der Waals surface area contributed by atoms with Crippen molar-refractivity contribution in [1.82, 2.24) is 19.5 Å². The Balaban J connectivity index is 2.08. The number of anilines is 1. The predicted octanol–water partition coefficient (Wildman–Crippen LogP) is 1.20. The average Bonchev–Trinajstić information content (AvgIpc) is 2.90. The zero-order valence-corrected chi connectivity index (χ0v) is 12.4. The van der Waals surface area contributed by atoms with Gasteiger partial charge >= 0.3 is 5.69 Å². The van der Waals surface area contributed by atoms with Crippen LogP contribution in [-0.4, -0.2) is 19.5 Å². The number of nitrogens with one attached hydrogen (secondary N) is 1. The van der Waals surface area contributed by atoms with Gasteiger partial charge in [0.2, 0.25) is 0 Å². The van der Waals surface area contributed by atoms with Crippen LogP contribution in [0.5, 0.6) is 0 Å². The van der Waals surface area contributed by atoms with Crippen molar-refractivity contribution >= 4 is 27.4 Å². The Hall–Kier alpha value is -2.32. The van der Waals surface area contributed by atoms with Gasteiger partial charge in [0, 0.05) is 11.4 Å². The molecule has 0 aromatic carbocycles. The molecule has 0 saturated carbocycles. The van der Waals surface area contributed by atoms with Gasteiger partial charge in [0.1, 0.15) is 4.83 Å². The number of aromatic nitrogens is 4. The Labute approximate surface area is 124 Å². The lowest BCUT2D eigenvalue weighted by Gasteiger charge is -2.10. The number of nitrogens with two attached hydrogens (primary N) is 1. The van der Waals surface area contributed by atoms with E-state index in [2.05, 4.69) is 20.4 Å². The Morgan fingerprint density at radius 3 is 2.86 bits per heavy atom. The predicted molar refractivity (Wildman–Crippen MR) is 82.3 cm³/mol. The summed E-state index contributed by atoms with van der Waals surface area (Å²) in [6.45, 7) is 3.92. The first-order valence-corrected chi connectivity index (χ1v) is 7.22. The maximum absolute atomic E-state index is 12.0. The molecule has 0 saturated heterocycles. The van der Waals surface area contributed by atoms with E-state index in [1.807, 2.05) is 24.4 Å². The van der Waals surface area contributed by atoms with Crippen molar-refractivity contribution in [2.24, 2.45) is 5.84 Å². The minimum Gasteiger partial charge on any atom is -0.308 e. The van der Waals surface area contributed by atoms with E-state index in [4.69, 9.17) is 5.84 Å². The quantitative estimate of drug-likeness (QED) is 0.557. The highest BCUT2D eigenvalue weighted by Crippen LogP contribution is 2.24. The normalized spacial score (nSPS) is 11.0. The number of aryl methyl sites for hydroxylation is 2. The summed E-state index contributed by atoms with van der Waals surface area (Å²) in [6, 6.07) is 3.76. The second-order valence-electron chi connectivity index (χ2n) is 4.68. The Kier molecular flexibility index (Phi) is 3.40. The van der Waals surface area contributed by atoms with Crippen LogP contribution in [0, 0.1) is 13.8 Å². The highest BCUT2D eigenvalue weighted by Gasteiger charge is 2.11. The second-order valence-corrected chi connectivity index (χ2v) is 5.57. The van der Waals surface area contributed by atoms with Crippen LogP contribution in [0.15, 0.2) is 22.3 Å². The topological polar surface area (TPSA) is 98.7 Å². The third-order valence-electron chi connectivity index (χ3n) is 3.15. The zero-order valence-electron chi connectivity index (χ0n) is 11.6. The number of hydrogen-bond acceptors (Lipinski definition) is 7. The molecule has 108 valence electrons. The van der Waals surface area contributed by atoms with E-state index in [-0.39, 0.29) is 12.2 Å². The van der Waals surface area contributed by atoms with E-state index in [0.29, 0.717) is 17.3 Å². The van der Waals surface area contributed by atoms with Crippen LogP contribution >= 0.6 is 11.3 Å². The SMILES string of the molecule is Cc1cc(C)n(Cc2nc(NN)c3ccsc3n2)c(=O)n1. The van der Waals surface area contributed by atoms with Crippen LogP contribution < -0.4 is 17.0 Å². The van der Waals surface area contributed by atoms with Crippen molar-refractivity contribution in [1.29, 1.82) is 0 Å². The first-order chi connectivity index (χ1) is 10.1. The fourth-order valence-electron chi connectivity index (χ4n) is 2.19. The molecule has 0 bridgehead atoms. The van der Waals surface area contributed by atoms with Crippen LogP contribution in [0.3, 0.4) is 0 Å². The lowest BCUT2D eigenvalue weighted by atomic mass is 10.3. The van der Waals surface area contributed by atoms with Crippen molar-refractivity contribution in [3.8, 4) is 0 Å². The molecule has 8 heteroatoms. The van der Waals surface area contributed by atoms with Crippen LogP contribution in [0.2, 0.25) is 0 Å². The summed E-state index contributed by atoms with van der Waals surface area (Å²) in [5.74, 6) is 6.58. The minimum absolute atomic E-state index is 0.264. The number of nitrogen functional groups attached to an aromatic ring is 1. The van der Waals surface area contributed by atoms with Gasteiger partial charge in [-0.1, -0.05) is 0 Å². The Morgan fingerprint density at radius 1 is 1.33 bits per heavy atom. The molecule has 3 rings (SSSR count). The lowest BCUT2D eigenvalue weighted by molar-refractivity contribution is 0.667. The Morgan fingerprint density at radius 2 is 2.14 bits per heavy atom. The third-order valence-corrected chi connectivity index (χ3v) is 3.96. The molecule has 0 atom stereocenters. The van der Waals surface area contributed by atoms with Crippen molar-refractivity contribution in [2.75, 3.05) is 5.43 Å². The molecule has 7 nitrogen and oxygen atoms in total. The van der Waals surface area contributed by atoms with Crippen LogP contribution in [-0.2, 0) is 6.54 Å². The zero-order chi connectivity index (χ0) is 15.0. The number of fused-ring (bicyclic) bond motifs is 1. The summed E-state index contributed by atoms with van der Waals surface area (Å²) in [4.78, 5) is 25.6. The average molecular weight is 302 g/mol. The van der Waals surface area contributed by atoms with E-state index >= 15 is 0 Å². The van der Waals surface area contributed by atoms with Gasteiger partial charge in [0.15, 0.2) is 11.6 Å². The van der Waals surface area contributed by atoms with Gasteiger partial charge < -0.3 is 5.43 Å². The number of hydrogen-bond donors (Lipinski definition) is 2. The number of thiophene rings is 1. The molecular weight excluding hydrogens is 288 g/mol. The first-order valence-electron chi connectivity index (χ1n) is 6.34. The number of nitrogens with zero attached hydrogens (tertiary/aromatic N) is 4. The fourth-order valence-corrected chi connectivity index (χ4v) is 2.97. The number of hydrazine groups is 1. The highest BCUT2D eigenvalue weighted by atomic mass is 32.1. The first kappa shape index (κ1) is 13.7. The highest BCUT2D eigenvalue weighted by molar-refractivity contribution is 7.16. The monoisotopic (exact) mass is 302 g/mol. The molecule has 0 radical (unpaired) electrons. The lowest BCUT2D eigenvalue weighted by Crippen LogP contribution is -2.27. The summed E-state index contributed by atoms with van der Waals surface area (Å²) in [5, 5.41) is 2.80. The van der Waals surface area contributed by atoms with Gasteiger partial charge in [-0.2, -0.15) is 4.98 Å². The minimum atomic E-state index is -0.301. The molecule has 0 aliphatic heterocycles. The summed E-state index contributed by atoms with van der Waals surface area (Å²) in [5.41, 5.74) is 3.80. The van der Waals surface area contributed by atoms with Gasteiger partial charge in [-0.3, -0.25) is 4.57 Å². The van der Waals surface area contributed by atoms with Crippen LogP contribution in [0.4, 0.5) is 5.82 Å². The molecule has 0 amide bonds. The van der Waals surface area contributed by atoms with Crippen LogP contribution in [0.25, 0.3) is 10.2 Å². The second kappa shape index (κ2) is 5.23. The maximum Gasteiger partial charge on any atom is 0.348 e. The van der Waals surface area contributed by atoms with Gasteiger partial charge in [-0.25, -0.2) is 20.6 Å².